The zero-order valence-electron chi connectivity index (χ0n) is 14.2. The highest BCUT2D eigenvalue weighted by molar-refractivity contribution is 5.62. The highest BCUT2D eigenvalue weighted by Gasteiger charge is 2.73. The Morgan fingerprint density at radius 3 is 2.88 bits per heavy atom. The fraction of sp³-hybridized carbons (Fsp3) is 0.700. The number of phenolic OH excluding ortho intramolecular Hbond substituents is 1. The number of nitrogens with zero attached hydrogens (tertiary/aromatic N) is 1. The lowest BCUT2D eigenvalue weighted by Gasteiger charge is -2.63. The minimum Gasteiger partial charge on any atom is -0.504 e. The average molecular weight is 345 g/mol. The second kappa shape index (κ2) is 4.49. The quantitative estimate of drug-likeness (QED) is 0.864. The molecule has 5 atom stereocenters. The summed E-state index contributed by atoms with van der Waals surface area (Å²) < 4.78 is 20.9. The van der Waals surface area contributed by atoms with Gasteiger partial charge in [0.25, 0.3) is 0 Å². The van der Waals surface area contributed by atoms with Gasteiger partial charge in [0, 0.05) is 18.2 Å². The summed E-state index contributed by atoms with van der Waals surface area (Å²) in [6.07, 6.45) is 3.11. The van der Waals surface area contributed by atoms with Crippen molar-refractivity contribution in [1.82, 2.24) is 4.90 Å². The Labute approximate surface area is 146 Å². The van der Waals surface area contributed by atoms with E-state index in [2.05, 4.69) is 4.90 Å². The van der Waals surface area contributed by atoms with Crippen LogP contribution in [0.3, 0.4) is 0 Å². The standard InChI is InChI=1S/C20H24FNO3/c21-13-5-6-20(24)15-9-12-3-4-14(23)17-16(12)19(20,18(13)25-17)7-8-22(15)10-11-1-2-11/h3-4,11,13,15,18,23-24H,1-2,5-10H2. The molecule has 25 heavy (non-hydrogen) atoms. The molecular weight excluding hydrogens is 321 g/mol. The Kier molecular flexibility index (Phi) is 2.66. The van der Waals surface area contributed by atoms with Crippen LogP contribution in [0.15, 0.2) is 12.1 Å². The summed E-state index contributed by atoms with van der Waals surface area (Å²) in [5.74, 6) is 1.28. The van der Waals surface area contributed by atoms with Crippen molar-refractivity contribution in [2.24, 2.45) is 5.92 Å². The van der Waals surface area contributed by atoms with Gasteiger partial charge >= 0.3 is 0 Å². The zero-order valence-corrected chi connectivity index (χ0v) is 14.2. The van der Waals surface area contributed by atoms with E-state index in [0.29, 0.717) is 25.0 Å². The Balaban J connectivity index is 1.57. The summed E-state index contributed by atoms with van der Waals surface area (Å²) in [6.45, 7) is 1.93. The predicted molar refractivity (Wildman–Crippen MR) is 89.7 cm³/mol. The van der Waals surface area contributed by atoms with Gasteiger partial charge in [-0.2, -0.15) is 0 Å². The molecule has 1 spiro atoms. The third-order valence-corrected chi connectivity index (χ3v) is 7.69. The van der Waals surface area contributed by atoms with Crippen LogP contribution in [0, 0.1) is 5.92 Å². The normalized spacial score (nSPS) is 44.3. The van der Waals surface area contributed by atoms with Crippen LogP contribution in [0.1, 0.15) is 43.2 Å². The molecule has 1 aromatic carbocycles. The first-order valence-corrected chi connectivity index (χ1v) is 9.67. The Bertz CT molecular complexity index is 766. The first-order valence-electron chi connectivity index (χ1n) is 9.67. The maximum absolute atomic E-state index is 14.9. The predicted octanol–water partition coefficient (Wildman–Crippen LogP) is 2.29. The number of phenols is 1. The summed E-state index contributed by atoms with van der Waals surface area (Å²) in [5.41, 5.74) is 0.375. The lowest BCUT2D eigenvalue weighted by atomic mass is 9.49. The van der Waals surface area contributed by atoms with E-state index >= 15 is 0 Å². The number of piperidine rings is 1. The molecule has 5 aliphatic rings. The number of halogens is 1. The Hall–Kier alpha value is -1.33. The van der Waals surface area contributed by atoms with Gasteiger partial charge in [-0.1, -0.05) is 6.07 Å². The van der Waals surface area contributed by atoms with Gasteiger partial charge in [0.2, 0.25) is 0 Å². The molecule has 0 aromatic heterocycles. The van der Waals surface area contributed by atoms with Gasteiger partial charge in [0.05, 0.1) is 11.0 Å². The molecule has 5 heteroatoms. The highest BCUT2D eigenvalue weighted by atomic mass is 19.1. The van der Waals surface area contributed by atoms with E-state index in [-0.39, 0.29) is 11.8 Å². The van der Waals surface area contributed by atoms with Crippen molar-refractivity contribution in [3.63, 3.8) is 0 Å². The molecule has 4 nitrogen and oxygen atoms in total. The molecule has 1 saturated heterocycles. The van der Waals surface area contributed by atoms with Crippen LogP contribution in [0.4, 0.5) is 4.39 Å². The summed E-state index contributed by atoms with van der Waals surface area (Å²) in [4.78, 5) is 2.46. The van der Waals surface area contributed by atoms with Gasteiger partial charge in [0.15, 0.2) is 11.5 Å². The van der Waals surface area contributed by atoms with Gasteiger partial charge in [-0.25, -0.2) is 4.39 Å². The number of aromatic hydroxyl groups is 1. The molecule has 134 valence electrons. The Morgan fingerprint density at radius 2 is 2.08 bits per heavy atom. The van der Waals surface area contributed by atoms with Crippen LogP contribution in [-0.4, -0.2) is 52.1 Å². The lowest BCUT2D eigenvalue weighted by molar-refractivity contribution is -0.199. The van der Waals surface area contributed by atoms with Crippen LogP contribution in [0.2, 0.25) is 0 Å². The van der Waals surface area contributed by atoms with Crippen LogP contribution in [0.25, 0.3) is 0 Å². The number of benzene rings is 1. The number of ether oxygens (including phenoxy) is 1. The van der Waals surface area contributed by atoms with Gasteiger partial charge in [-0.15, -0.1) is 0 Å². The van der Waals surface area contributed by atoms with Crippen LogP contribution in [0.5, 0.6) is 11.5 Å². The van der Waals surface area contributed by atoms with Gasteiger partial charge in [0.1, 0.15) is 12.3 Å². The molecular formula is C20H24FNO3. The number of alkyl halides is 1. The molecule has 2 saturated carbocycles. The smallest absolute Gasteiger partial charge is 0.165 e. The highest BCUT2D eigenvalue weighted by Crippen LogP contribution is 2.65. The van der Waals surface area contributed by atoms with Crippen molar-refractivity contribution in [3.05, 3.63) is 23.3 Å². The molecule has 0 amide bonds. The third kappa shape index (κ3) is 1.61. The molecule has 2 N–H and O–H groups in total. The number of likely N-dealkylation sites (tertiary alicyclic amines) is 1. The molecule has 3 fully saturated rings. The molecule has 2 heterocycles. The van der Waals surface area contributed by atoms with E-state index < -0.39 is 23.3 Å². The van der Waals surface area contributed by atoms with Crippen molar-refractivity contribution >= 4 is 0 Å². The fourth-order valence-corrected chi connectivity index (χ4v) is 6.42. The van der Waals surface area contributed by atoms with Gasteiger partial charge in [-0.05, 0) is 62.6 Å². The van der Waals surface area contributed by atoms with E-state index in [9.17, 15) is 14.6 Å². The topological polar surface area (TPSA) is 52.9 Å². The minimum absolute atomic E-state index is 0.0310. The number of hydrogen-bond acceptors (Lipinski definition) is 4. The molecule has 3 aliphatic carbocycles. The van der Waals surface area contributed by atoms with Crippen LogP contribution in [-0.2, 0) is 11.8 Å². The van der Waals surface area contributed by atoms with Crippen molar-refractivity contribution in [3.8, 4) is 11.5 Å². The first-order chi connectivity index (χ1) is 12.0. The molecule has 1 aromatic rings. The molecule has 2 aliphatic heterocycles. The van der Waals surface area contributed by atoms with Gasteiger partial charge < -0.3 is 14.9 Å². The first kappa shape index (κ1) is 14.8. The molecule has 6 rings (SSSR count). The van der Waals surface area contributed by atoms with E-state index in [0.717, 1.165) is 36.6 Å². The van der Waals surface area contributed by atoms with E-state index in [1.165, 1.54) is 12.8 Å². The SMILES string of the molecule is Oc1ccc2c3c1OC1C(F)CCC4(O)C(C2)N(CC2CC2)CCC314. The van der Waals surface area contributed by atoms with Crippen LogP contribution >= 0.6 is 0 Å². The van der Waals surface area contributed by atoms with Crippen molar-refractivity contribution in [2.75, 3.05) is 13.1 Å². The summed E-state index contributed by atoms with van der Waals surface area (Å²) in [6, 6.07) is 3.65. The van der Waals surface area contributed by atoms with Crippen molar-refractivity contribution in [1.29, 1.82) is 0 Å². The maximum Gasteiger partial charge on any atom is 0.165 e. The zero-order chi connectivity index (χ0) is 17.0. The minimum atomic E-state index is -1.09. The second-order valence-corrected chi connectivity index (χ2v) is 8.84. The summed E-state index contributed by atoms with van der Waals surface area (Å²) in [5, 5.41) is 22.3. The van der Waals surface area contributed by atoms with E-state index in [1.54, 1.807) is 6.07 Å². The third-order valence-electron chi connectivity index (χ3n) is 7.69. The largest absolute Gasteiger partial charge is 0.504 e. The van der Waals surface area contributed by atoms with Crippen molar-refractivity contribution in [2.45, 2.75) is 67.9 Å². The maximum atomic E-state index is 14.9. The van der Waals surface area contributed by atoms with Crippen LogP contribution < -0.4 is 4.74 Å². The number of hydrogen-bond donors (Lipinski definition) is 2. The van der Waals surface area contributed by atoms with E-state index in [1.807, 2.05) is 6.07 Å². The average Bonchev–Trinajstić information content (AvgIpc) is 3.32. The van der Waals surface area contributed by atoms with E-state index in [4.69, 9.17) is 4.74 Å². The van der Waals surface area contributed by atoms with Crippen molar-refractivity contribution < 1.29 is 19.3 Å². The molecule has 5 unspecified atom stereocenters. The Morgan fingerprint density at radius 1 is 1.24 bits per heavy atom. The fourth-order valence-electron chi connectivity index (χ4n) is 6.42. The number of rotatable bonds is 2. The second-order valence-electron chi connectivity index (χ2n) is 8.84. The number of aliphatic hydroxyl groups is 1. The molecule has 0 radical (unpaired) electrons. The summed E-state index contributed by atoms with van der Waals surface area (Å²) >= 11 is 0. The molecule has 2 bridgehead atoms. The van der Waals surface area contributed by atoms with Gasteiger partial charge in [-0.3, -0.25) is 4.90 Å². The summed E-state index contributed by atoms with van der Waals surface area (Å²) in [7, 11) is 0. The lowest BCUT2D eigenvalue weighted by Crippen LogP contribution is -2.76. The monoisotopic (exact) mass is 345 g/mol.